The number of aryl methyl sites for hydroxylation is 1. The van der Waals surface area contributed by atoms with E-state index in [9.17, 15) is 9.18 Å². The number of amides is 1. The maximum Gasteiger partial charge on any atom is 0.221 e. The van der Waals surface area contributed by atoms with Crippen LogP contribution in [0, 0.1) is 12.7 Å². The van der Waals surface area contributed by atoms with E-state index in [1.54, 1.807) is 23.5 Å². The molecule has 4 aromatic rings. The Labute approximate surface area is 222 Å². The third-order valence-electron chi connectivity index (χ3n) is 6.43. The zero-order chi connectivity index (χ0) is 26.0. The van der Waals surface area contributed by atoms with E-state index in [1.165, 1.54) is 27.6 Å². The summed E-state index contributed by atoms with van der Waals surface area (Å²) in [6.45, 7) is 5.09. The van der Waals surface area contributed by atoms with E-state index in [4.69, 9.17) is 10.5 Å². The van der Waals surface area contributed by atoms with Gasteiger partial charge in [0.25, 0.3) is 0 Å². The molecule has 0 radical (unpaired) electrons. The molecule has 0 unspecified atom stereocenters. The van der Waals surface area contributed by atoms with Crippen LogP contribution in [-0.2, 0) is 17.8 Å². The second-order valence-electron chi connectivity index (χ2n) is 9.25. The Morgan fingerprint density at radius 3 is 2.24 bits per heavy atom. The molecule has 0 saturated carbocycles. The Hall–Kier alpha value is -3.48. The summed E-state index contributed by atoms with van der Waals surface area (Å²) in [4.78, 5) is 14.9. The lowest BCUT2D eigenvalue weighted by Gasteiger charge is -2.28. The highest BCUT2D eigenvalue weighted by molar-refractivity contribution is 7.10. The first-order valence-corrected chi connectivity index (χ1v) is 13.4. The van der Waals surface area contributed by atoms with Crippen molar-refractivity contribution in [1.82, 2.24) is 4.90 Å². The monoisotopic (exact) mass is 516 g/mol. The highest BCUT2D eigenvalue weighted by atomic mass is 32.1. The van der Waals surface area contributed by atoms with E-state index in [-0.39, 0.29) is 18.1 Å². The number of rotatable bonds is 13. The summed E-state index contributed by atoms with van der Waals surface area (Å²) in [5.41, 5.74) is 9.63. The van der Waals surface area contributed by atoms with Gasteiger partial charge in [0, 0.05) is 30.4 Å². The van der Waals surface area contributed by atoms with Gasteiger partial charge in [-0.2, -0.15) is 0 Å². The lowest BCUT2D eigenvalue weighted by atomic mass is 9.90. The number of halogens is 1. The number of benzene rings is 3. The van der Waals surface area contributed by atoms with Gasteiger partial charge in [-0.15, -0.1) is 11.3 Å². The summed E-state index contributed by atoms with van der Waals surface area (Å²) in [6, 6.07) is 28.0. The lowest BCUT2D eigenvalue weighted by Crippen LogP contribution is -2.30. The molecule has 0 fully saturated rings. The zero-order valence-electron chi connectivity index (χ0n) is 21.1. The molecule has 1 amide bonds. The molecule has 0 aliphatic heterocycles. The van der Waals surface area contributed by atoms with Gasteiger partial charge in [0.1, 0.15) is 0 Å². The van der Waals surface area contributed by atoms with E-state index in [0.29, 0.717) is 12.2 Å². The summed E-state index contributed by atoms with van der Waals surface area (Å²) in [7, 11) is 0. The number of thiophene rings is 1. The van der Waals surface area contributed by atoms with Crippen LogP contribution in [0.25, 0.3) is 0 Å². The molecule has 192 valence electrons. The summed E-state index contributed by atoms with van der Waals surface area (Å²) in [5, 5.41) is 2.14. The second kappa shape index (κ2) is 13.2. The lowest BCUT2D eigenvalue weighted by molar-refractivity contribution is -0.117. The first-order valence-electron chi connectivity index (χ1n) is 12.5. The van der Waals surface area contributed by atoms with Crippen LogP contribution in [0.5, 0.6) is 5.75 Å². The minimum Gasteiger partial charge on any atom is -0.490 e. The maximum absolute atomic E-state index is 14.4. The van der Waals surface area contributed by atoms with Gasteiger partial charge in [-0.3, -0.25) is 9.69 Å². The number of ether oxygens (including phenoxy) is 1. The van der Waals surface area contributed by atoms with Gasteiger partial charge >= 0.3 is 0 Å². The van der Waals surface area contributed by atoms with E-state index in [0.717, 1.165) is 26.1 Å². The second-order valence-corrected chi connectivity index (χ2v) is 10.2. The number of carbonyl (C=O) groups excluding carboxylic acids is 1. The van der Waals surface area contributed by atoms with Gasteiger partial charge < -0.3 is 10.5 Å². The van der Waals surface area contributed by atoms with Crippen LogP contribution in [-0.4, -0.2) is 30.5 Å². The quantitative estimate of drug-likeness (QED) is 0.211. The molecule has 4 rings (SSSR count). The summed E-state index contributed by atoms with van der Waals surface area (Å²) < 4.78 is 20.2. The van der Waals surface area contributed by atoms with Crippen molar-refractivity contribution < 1.29 is 13.9 Å². The van der Waals surface area contributed by atoms with Crippen molar-refractivity contribution in [2.75, 3.05) is 19.7 Å². The molecular weight excluding hydrogens is 483 g/mol. The molecule has 0 saturated heterocycles. The van der Waals surface area contributed by atoms with Crippen molar-refractivity contribution >= 4 is 17.2 Å². The van der Waals surface area contributed by atoms with Crippen LogP contribution in [0.3, 0.4) is 0 Å². The number of nitrogens with two attached hydrogens (primary N) is 1. The van der Waals surface area contributed by atoms with Gasteiger partial charge in [0.2, 0.25) is 5.91 Å². The fraction of sp³-hybridized carbons (Fsp3) is 0.258. The fourth-order valence-corrected chi connectivity index (χ4v) is 5.43. The van der Waals surface area contributed by atoms with Crippen LogP contribution >= 0.6 is 11.3 Å². The van der Waals surface area contributed by atoms with Gasteiger partial charge in [0.15, 0.2) is 11.6 Å². The van der Waals surface area contributed by atoms with Crippen LogP contribution < -0.4 is 10.5 Å². The molecule has 0 bridgehead atoms. The molecule has 4 nitrogen and oxygen atoms in total. The highest BCUT2D eigenvalue weighted by Crippen LogP contribution is 2.28. The van der Waals surface area contributed by atoms with Crippen LogP contribution in [0.15, 0.2) is 90.3 Å². The van der Waals surface area contributed by atoms with Crippen molar-refractivity contribution in [3.63, 3.8) is 0 Å². The van der Waals surface area contributed by atoms with Gasteiger partial charge in [-0.05, 0) is 59.2 Å². The molecule has 3 aromatic carbocycles. The molecule has 1 aromatic heterocycles. The van der Waals surface area contributed by atoms with E-state index in [2.05, 4.69) is 83.9 Å². The largest absolute Gasteiger partial charge is 0.490 e. The van der Waals surface area contributed by atoms with Gasteiger partial charge in [0.05, 0.1) is 13.0 Å². The first kappa shape index (κ1) is 26.6. The smallest absolute Gasteiger partial charge is 0.221 e. The summed E-state index contributed by atoms with van der Waals surface area (Å²) >= 11 is 1.78. The molecule has 0 atom stereocenters. The van der Waals surface area contributed by atoms with Crippen LogP contribution in [0.4, 0.5) is 4.39 Å². The Balaban J connectivity index is 1.45. The zero-order valence-corrected chi connectivity index (χ0v) is 21.9. The number of carbonyl (C=O) groups is 1. The number of nitrogens with zero attached hydrogens (tertiary/aromatic N) is 1. The summed E-state index contributed by atoms with van der Waals surface area (Å²) in [6.07, 6.45) is 0.765. The molecule has 0 aliphatic carbocycles. The van der Waals surface area contributed by atoms with E-state index in [1.807, 2.05) is 0 Å². The average Bonchev–Trinajstić information content (AvgIpc) is 3.30. The fourth-order valence-electron chi connectivity index (χ4n) is 4.48. The molecule has 2 N–H and O–H groups in total. The summed E-state index contributed by atoms with van der Waals surface area (Å²) in [5.74, 6) is -0.532. The Morgan fingerprint density at radius 2 is 1.68 bits per heavy atom. The van der Waals surface area contributed by atoms with Crippen molar-refractivity contribution in [3.8, 4) is 5.75 Å². The standard InChI is InChI=1S/C31H33FN2O2S/c1-23-15-18-37-30(23)22-34(16-8-17-36-29-14-13-24(19-28(29)32)20-31(33)35)21-27(25-9-4-2-5-10-25)26-11-6-3-7-12-26/h2-7,9-15,18-19,27H,8,16-17,20-22H2,1H3,(H2,33,35). The predicted octanol–water partition coefficient (Wildman–Crippen LogP) is 6.33. The normalized spacial score (nSPS) is 11.2. The molecule has 6 heteroatoms. The average molecular weight is 517 g/mol. The van der Waals surface area contributed by atoms with Crippen molar-refractivity contribution in [2.24, 2.45) is 5.73 Å². The Kier molecular flexibility index (Phi) is 9.46. The number of hydrogen-bond donors (Lipinski definition) is 1. The maximum atomic E-state index is 14.4. The Morgan fingerprint density at radius 1 is 1.00 bits per heavy atom. The third kappa shape index (κ3) is 7.75. The molecule has 0 spiro atoms. The van der Waals surface area contributed by atoms with E-state index < -0.39 is 11.7 Å². The number of primary amides is 1. The number of hydrogen-bond acceptors (Lipinski definition) is 4. The van der Waals surface area contributed by atoms with Crippen molar-refractivity contribution in [3.05, 3.63) is 123 Å². The topological polar surface area (TPSA) is 55.6 Å². The SMILES string of the molecule is Cc1ccsc1CN(CCCOc1ccc(CC(N)=O)cc1F)CC(c1ccccc1)c1ccccc1. The minimum absolute atomic E-state index is 0.0122. The highest BCUT2D eigenvalue weighted by Gasteiger charge is 2.19. The Bertz CT molecular complexity index is 1240. The molecule has 0 aliphatic rings. The van der Waals surface area contributed by atoms with Crippen molar-refractivity contribution in [1.29, 1.82) is 0 Å². The third-order valence-corrected chi connectivity index (χ3v) is 7.44. The minimum atomic E-state index is -0.488. The van der Waals surface area contributed by atoms with Gasteiger partial charge in [-0.1, -0.05) is 66.7 Å². The molecular formula is C31H33FN2O2S. The molecule has 37 heavy (non-hydrogen) atoms. The first-order chi connectivity index (χ1) is 18.0. The van der Waals surface area contributed by atoms with Gasteiger partial charge in [-0.25, -0.2) is 4.39 Å². The van der Waals surface area contributed by atoms with Crippen molar-refractivity contribution in [2.45, 2.75) is 32.2 Å². The van der Waals surface area contributed by atoms with Crippen LogP contribution in [0.2, 0.25) is 0 Å². The van der Waals surface area contributed by atoms with Crippen LogP contribution in [0.1, 0.15) is 39.5 Å². The van der Waals surface area contributed by atoms with E-state index >= 15 is 0 Å². The predicted molar refractivity (Wildman–Crippen MR) is 148 cm³/mol. The molecule has 1 heterocycles.